The van der Waals surface area contributed by atoms with E-state index in [1.54, 1.807) is 0 Å². The van der Waals surface area contributed by atoms with Crippen molar-refractivity contribution in [1.82, 2.24) is 10.6 Å². The van der Waals surface area contributed by atoms with E-state index in [4.69, 9.17) is 9.47 Å². The third-order valence-electron chi connectivity index (χ3n) is 4.50. The molecule has 0 spiro atoms. The Morgan fingerprint density at radius 1 is 1.36 bits per heavy atom. The lowest BCUT2D eigenvalue weighted by molar-refractivity contribution is 0.0511. The lowest BCUT2D eigenvalue weighted by Crippen LogP contribution is -2.51. The smallest absolute Gasteiger partial charge is 0.407 e. The van der Waals surface area contributed by atoms with Gasteiger partial charge in [-0.25, -0.2) is 4.79 Å². The zero-order chi connectivity index (χ0) is 17.0. The Morgan fingerprint density at radius 2 is 2.00 bits per heavy atom. The van der Waals surface area contributed by atoms with Crippen LogP contribution in [0.4, 0.5) is 4.79 Å². The van der Waals surface area contributed by atoms with Crippen LogP contribution < -0.4 is 10.6 Å². The van der Waals surface area contributed by atoms with Crippen LogP contribution in [0.1, 0.15) is 54.9 Å². The Bertz CT molecular complexity index is 365. The first-order valence-corrected chi connectivity index (χ1v) is 8.37. The highest BCUT2D eigenvalue weighted by molar-refractivity contribution is 5.67. The third kappa shape index (κ3) is 6.13. The fourth-order valence-electron chi connectivity index (χ4n) is 2.50. The molecule has 3 atom stereocenters. The number of ether oxygens (including phenoxy) is 2. The van der Waals surface area contributed by atoms with Crippen LogP contribution in [-0.4, -0.2) is 43.0 Å². The van der Waals surface area contributed by atoms with E-state index in [2.05, 4.69) is 38.3 Å². The predicted molar refractivity (Wildman–Crippen MR) is 89.0 cm³/mol. The molecule has 0 bridgehead atoms. The van der Waals surface area contributed by atoms with Crippen molar-refractivity contribution >= 4 is 6.09 Å². The van der Waals surface area contributed by atoms with Gasteiger partial charge in [-0.3, -0.25) is 0 Å². The van der Waals surface area contributed by atoms with E-state index in [1.165, 1.54) is 0 Å². The second kappa shape index (κ2) is 7.64. The van der Waals surface area contributed by atoms with Crippen LogP contribution in [0.2, 0.25) is 0 Å². The first kappa shape index (κ1) is 19.2. The Morgan fingerprint density at radius 3 is 2.45 bits per heavy atom. The van der Waals surface area contributed by atoms with E-state index in [-0.39, 0.29) is 17.7 Å². The summed E-state index contributed by atoms with van der Waals surface area (Å²) in [6.45, 7) is 16.6. The summed E-state index contributed by atoms with van der Waals surface area (Å²) >= 11 is 0. The summed E-state index contributed by atoms with van der Waals surface area (Å²) in [6.07, 6.45) is 0.902. The minimum absolute atomic E-state index is 0.0268. The Hall–Kier alpha value is -0.810. The molecule has 0 radical (unpaired) electrons. The van der Waals surface area contributed by atoms with Gasteiger partial charge in [0.05, 0.1) is 6.10 Å². The van der Waals surface area contributed by atoms with Crippen LogP contribution in [0.15, 0.2) is 0 Å². The molecular formula is C17H34N2O3. The molecule has 1 rings (SSSR count). The first-order chi connectivity index (χ1) is 10.0. The first-order valence-electron chi connectivity index (χ1n) is 8.37. The summed E-state index contributed by atoms with van der Waals surface area (Å²) in [5, 5.41) is 6.53. The van der Waals surface area contributed by atoms with Crippen LogP contribution in [0, 0.1) is 11.8 Å². The number of alkyl carbamates (subject to hydrolysis) is 1. The maximum atomic E-state index is 11.8. The molecule has 1 amide bonds. The number of hydrogen-bond donors (Lipinski definition) is 2. The number of carbonyl (C=O) groups excluding carboxylic acids is 1. The monoisotopic (exact) mass is 314 g/mol. The van der Waals surface area contributed by atoms with Crippen molar-refractivity contribution in [1.29, 1.82) is 0 Å². The van der Waals surface area contributed by atoms with Gasteiger partial charge in [0, 0.05) is 25.2 Å². The van der Waals surface area contributed by atoms with Gasteiger partial charge in [-0.1, -0.05) is 13.8 Å². The summed E-state index contributed by atoms with van der Waals surface area (Å²) in [4.78, 5) is 11.8. The van der Waals surface area contributed by atoms with Crippen molar-refractivity contribution in [2.45, 2.75) is 72.1 Å². The molecule has 0 aromatic heterocycles. The van der Waals surface area contributed by atoms with Gasteiger partial charge >= 0.3 is 6.09 Å². The SMILES string of the molecule is CC(C)C(CNC(=O)OC(C)(C)C)CNC1(C)CCOC1C. The lowest BCUT2D eigenvalue weighted by Gasteiger charge is -2.32. The predicted octanol–water partition coefficient (Wildman–Crippen LogP) is 2.94. The largest absolute Gasteiger partial charge is 0.444 e. The van der Waals surface area contributed by atoms with E-state index in [0.29, 0.717) is 18.4 Å². The van der Waals surface area contributed by atoms with Gasteiger partial charge in [0.25, 0.3) is 0 Å². The number of nitrogens with one attached hydrogen (secondary N) is 2. The molecule has 5 heteroatoms. The second-order valence-electron chi connectivity index (χ2n) is 7.95. The number of hydrogen-bond acceptors (Lipinski definition) is 4. The van der Waals surface area contributed by atoms with Crippen molar-refractivity contribution in [3.8, 4) is 0 Å². The van der Waals surface area contributed by atoms with Gasteiger partial charge in [0.2, 0.25) is 0 Å². The van der Waals surface area contributed by atoms with E-state index in [9.17, 15) is 4.79 Å². The van der Waals surface area contributed by atoms with Gasteiger partial charge in [0.15, 0.2) is 0 Å². The average molecular weight is 314 g/mol. The zero-order valence-electron chi connectivity index (χ0n) is 15.3. The molecule has 22 heavy (non-hydrogen) atoms. The topological polar surface area (TPSA) is 59.6 Å². The normalized spacial score (nSPS) is 27.0. The zero-order valence-corrected chi connectivity index (χ0v) is 15.3. The Balaban J connectivity index is 2.44. The molecule has 1 aliphatic heterocycles. The molecule has 5 nitrogen and oxygen atoms in total. The van der Waals surface area contributed by atoms with Crippen LogP contribution in [0.3, 0.4) is 0 Å². The minimum atomic E-state index is -0.459. The molecule has 0 aromatic rings. The molecule has 1 fully saturated rings. The van der Waals surface area contributed by atoms with Gasteiger partial charge in [0.1, 0.15) is 5.60 Å². The highest BCUT2D eigenvalue weighted by Crippen LogP contribution is 2.25. The lowest BCUT2D eigenvalue weighted by atomic mass is 9.91. The van der Waals surface area contributed by atoms with Gasteiger partial charge in [-0.05, 0) is 52.9 Å². The van der Waals surface area contributed by atoms with Crippen LogP contribution in [0.5, 0.6) is 0 Å². The molecule has 1 aliphatic rings. The summed E-state index contributed by atoms with van der Waals surface area (Å²) in [5.41, 5.74) is -0.432. The second-order valence-corrected chi connectivity index (χ2v) is 7.95. The van der Waals surface area contributed by atoms with Crippen molar-refractivity contribution < 1.29 is 14.3 Å². The fraction of sp³-hybridized carbons (Fsp3) is 0.941. The van der Waals surface area contributed by atoms with Gasteiger partial charge in [-0.2, -0.15) is 0 Å². The number of carbonyl (C=O) groups is 1. The molecule has 1 heterocycles. The van der Waals surface area contributed by atoms with Crippen molar-refractivity contribution in [2.24, 2.45) is 11.8 Å². The van der Waals surface area contributed by atoms with Crippen molar-refractivity contribution in [2.75, 3.05) is 19.7 Å². The molecular weight excluding hydrogens is 280 g/mol. The van der Waals surface area contributed by atoms with Gasteiger partial charge in [-0.15, -0.1) is 0 Å². The number of amides is 1. The van der Waals surface area contributed by atoms with E-state index >= 15 is 0 Å². The molecule has 0 aromatic carbocycles. The van der Waals surface area contributed by atoms with Crippen LogP contribution in [0.25, 0.3) is 0 Å². The van der Waals surface area contributed by atoms with Crippen LogP contribution in [-0.2, 0) is 9.47 Å². The summed E-state index contributed by atoms with van der Waals surface area (Å²) < 4.78 is 11.0. The van der Waals surface area contributed by atoms with Crippen LogP contribution >= 0.6 is 0 Å². The molecule has 0 aliphatic carbocycles. The summed E-state index contributed by atoms with van der Waals surface area (Å²) in [6, 6.07) is 0. The maximum absolute atomic E-state index is 11.8. The summed E-state index contributed by atoms with van der Waals surface area (Å²) in [5.74, 6) is 0.834. The Kier molecular flexibility index (Phi) is 6.68. The van der Waals surface area contributed by atoms with E-state index in [1.807, 2.05) is 20.8 Å². The maximum Gasteiger partial charge on any atom is 0.407 e. The van der Waals surface area contributed by atoms with Crippen molar-refractivity contribution in [3.63, 3.8) is 0 Å². The number of rotatable bonds is 6. The highest BCUT2D eigenvalue weighted by atomic mass is 16.6. The highest BCUT2D eigenvalue weighted by Gasteiger charge is 2.37. The van der Waals surface area contributed by atoms with Gasteiger partial charge < -0.3 is 20.1 Å². The molecule has 1 saturated heterocycles. The molecule has 2 N–H and O–H groups in total. The third-order valence-corrected chi connectivity index (χ3v) is 4.50. The Labute approximate surface area is 135 Å². The standard InChI is InChI=1S/C17H34N2O3/c1-12(2)14(10-18-15(20)22-16(4,5)6)11-19-17(7)8-9-21-13(17)3/h12-14,19H,8-11H2,1-7H3,(H,18,20). The molecule has 130 valence electrons. The quantitative estimate of drug-likeness (QED) is 0.791. The van der Waals surface area contributed by atoms with E-state index < -0.39 is 5.60 Å². The molecule has 3 unspecified atom stereocenters. The van der Waals surface area contributed by atoms with E-state index in [0.717, 1.165) is 19.6 Å². The average Bonchev–Trinajstić information content (AvgIpc) is 2.67. The molecule has 0 saturated carbocycles. The summed E-state index contributed by atoms with van der Waals surface area (Å²) in [7, 11) is 0. The van der Waals surface area contributed by atoms with Crippen molar-refractivity contribution in [3.05, 3.63) is 0 Å². The minimum Gasteiger partial charge on any atom is -0.444 e. The fourth-order valence-corrected chi connectivity index (χ4v) is 2.50.